The van der Waals surface area contributed by atoms with Gasteiger partial charge in [-0.2, -0.15) is 0 Å². The molecule has 4 nitrogen and oxygen atoms in total. The predicted octanol–water partition coefficient (Wildman–Crippen LogP) is 1.35. The van der Waals surface area contributed by atoms with Gasteiger partial charge in [-0.3, -0.25) is 9.59 Å². The van der Waals surface area contributed by atoms with Crippen molar-refractivity contribution in [3.05, 3.63) is 0 Å². The number of aliphatic carboxylic acids is 1. The largest absolute Gasteiger partial charge is 0.481 e. The molecule has 0 radical (unpaired) electrons. The second-order valence-corrected chi connectivity index (χ2v) is 4.05. The van der Waals surface area contributed by atoms with E-state index in [4.69, 9.17) is 5.11 Å². The van der Waals surface area contributed by atoms with Crippen molar-refractivity contribution >= 4 is 11.9 Å². The van der Waals surface area contributed by atoms with Crippen LogP contribution in [0.1, 0.15) is 33.6 Å². The molecule has 0 aromatic carbocycles. The molecule has 0 heterocycles. The van der Waals surface area contributed by atoms with Gasteiger partial charge in [-0.15, -0.1) is 0 Å². The maximum atomic E-state index is 11.5. The van der Waals surface area contributed by atoms with Crippen molar-refractivity contribution in [2.75, 3.05) is 7.05 Å². The number of carboxylic acids is 1. The summed E-state index contributed by atoms with van der Waals surface area (Å²) in [7, 11) is 1.65. The number of nitrogens with zero attached hydrogens (tertiary/aromatic N) is 1. The van der Waals surface area contributed by atoms with Crippen molar-refractivity contribution in [1.82, 2.24) is 4.90 Å². The summed E-state index contributed by atoms with van der Waals surface area (Å²) in [5, 5.41) is 8.56. The quantitative estimate of drug-likeness (QED) is 0.730. The van der Waals surface area contributed by atoms with Crippen molar-refractivity contribution in [3.63, 3.8) is 0 Å². The topological polar surface area (TPSA) is 57.6 Å². The molecule has 1 atom stereocenters. The molecule has 0 rings (SSSR count). The highest BCUT2D eigenvalue weighted by Gasteiger charge is 2.18. The zero-order valence-electron chi connectivity index (χ0n) is 9.28. The van der Waals surface area contributed by atoms with Crippen molar-refractivity contribution < 1.29 is 14.7 Å². The maximum Gasteiger partial charge on any atom is 0.305 e. The van der Waals surface area contributed by atoms with Crippen LogP contribution in [0.3, 0.4) is 0 Å². The van der Waals surface area contributed by atoms with Crippen molar-refractivity contribution in [1.29, 1.82) is 0 Å². The first-order valence-electron chi connectivity index (χ1n) is 4.82. The third-order valence-corrected chi connectivity index (χ3v) is 2.11. The monoisotopic (exact) mass is 201 g/mol. The van der Waals surface area contributed by atoms with Crippen LogP contribution in [0.25, 0.3) is 0 Å². The van der Waals surface area contributed by atoms with Crippen LogP contribution in [0, 0.1) is 5.92 Å². The van der Waals surface area contributed by atoms with Gasteiger partial charge in [0.2, 0.25) is 5.91 Å². The average molecular weight is 201 g/mol. The van der Waals surface area contributed by atoms with E-state index in [0.717, 1.165) is 0 Å². The van der Waals surface area contributed by atoms with Gasteiger partial charge in [-0.05, 0) is 12.8 Å². The fourth-order valence-electron chi connectivity index (χ4n) is 1.13. The molecule has 0 fully saturated rings. The van der Waals surface area contributed by atoms with Gasteiger partial charge < -0.3 is 10.0 Å². The molecule has 0 aliphatic rings. The van der Waals surface area contributed by atoms with Gasteiger partial charge in [0.1, 0.15) is 0 Å². The molecule has 1 unspecified atom stereocenters. The minimum Gasteiger partial charge on any atom is -0.481 e. The predicted molar refractivity (Wildman–Crippen MR) is 53.9 cm³/mol. The number of hydrogen-bond acceptors (Lipinski definition) is 2. The SMILES string of the molecule is CC(C)CC(=O)N(C)C(C)CC(=O)O. The van der Waals surface area contributed by atoms with E-state index < -0.39 is 5.97 Å². The summed E-state index contributed by atoms with van der Waals surface area (Å²) in [6.07, 6.45) is 0.473. The van der Waals surface area contributed by atoms with Crippen LogP contribution in [0.5, 0.6) is 0 Å². The Bertz CT molecular complexity index is 213. The molecule has 0 bridgehead atoms. The van der Waals surface area contributed by atoms with E-state index in [2.05, 4.69) is 0 Å². The Morgan fingerprint density at radius 1 is 1.21 bits per heavy atom. The Morgan fingerprint density at radius 3 is 2.07 bits per heavy atom. The zero-order chi connectivity index (χ0) is 11.3. The Hall–Kier alpha value is -1.06. The smallest absolute Gasteiger partial charge is 0.305 e. The summed E-state index contributed by atoms with van der Waals surface area (Å²) in [6.45, 7) is 5.67. The third kappa shape index (κ3) is 4.84. The number of rotatable bonds is 5. The van der Waals surface area contributed by atoms with E-state index in [1.807, 2.05) is 13.8 Å². The summed E-state index contributed by atoms with van der Waals surface area (Å²) in [6, 6.07) is -0.237. The van der Waals surface area contributed by atoms with Crippen LogP contribution in [-0.2, 0) is 9.59 Å². The van der Waals surface area contributed by atoms with E-state index in [1.165, 1.54) is 4.90 Å². The van der Waals surface area contributed by atoms with Crippen LogP contribution in [0.4, 0.5) is 0 Å². The summed E-state index contributed by atoms with van der Waals surface area (Å²) in [5.41, 5.74) is 0. The van der Waals surface area contributed by atoms with E-state index in [1.54, 1.807) is 14.0 Å². The fraction of sp³-hybridized carbons (Fsp3) is 0.800. The lowest BCUT2D eigenvalue weighted by molar-refractivity contribution is -0.140. The van der Waals surface area contributed by atoms with Gasteiger partial charge in [0.05, 0.1) is 6.42 Å². The second-order valence-electron chi connectivity index (χ2n) is 4.05. The fourth-order valence-corrected chi connectivity index (χ4v) is 1.13. The number of carbonyl (C=O) groups excluding carboxylic acids is 1. The molecule has 82 valence electrons. The lowest BCUT2D eigenvalue weighted by atomic mass is 10.1. The van der Waals surface area contributed by atoms with Crippen molar-refractivity contribution in [2.45, 2.75) is 39.7 Å². The van der Waals surface area contributed by atoms with E-state index in [9.17, 15) is 9.59 Å². The molecule has 0 spiro atoms. The van der Waals surface area contributed by atoms with Crippen LogP contribution >= 0.6 is 0 Å². The Balaban J connectivity index is 4.10. The molecule has 0 aliphatic heterocycles. The third-order valence-electron chi connectivity index (χ3n) is 2.11. The molecule has 0 aromatic rings. The highest BCUT2D eigenvalue weighted by atomic mass is 16.4. The summed E-state index contributed by atoms with van der Waals surface area (Å²) < 4.78 is 0. The molecule has 14 heavy (non-hydrogen) atoms. The Morgan fingerprint density at radius 2 is 1.71 bits per heavy atom. The molecular formula is C10H19NO3. The molecule has 1 N–H and O–H groups in total. The second kappa shape index (κ2) is 5.62. The van der Waals surface area contributed by atoms with Crippen molar-refractivity contribution in [2.24, 2.45) is 5.92 Å². The van der Waals surface area contributed by atoms with Gasteiger partial charge in [0.25, 0.3) is 0 Å². The van der Waals surface area contributed by atoms with Crippen LogP contribution < -0.4 is 0 Å². The molecule has 0 saturated heterocycles. The first-order chi connectivity index (χ1) is 6.34. The van der Waals surface area contributed by atoms with E-state index in [-0.39, 0.29) is 18.4 Å². The molecule has 4 heteroatoms. The summed E-state index contributed by atoms with van der Waals surface area (Å²) in [5.74, 6) is -0.558. The van der Waals surface area contributed by atoms with E-state index >= 15 is 0 Å². The van der Waals surface area contributed by atoms with Crippen LogP contribution in [0.15, 0.2) is 0 Å². The number of hydrogen-bond donors (Lipinski definition) is 1. The van der Waals surface area contributed by atoms with Gasteiger partial charge in [-0.1, -0.05) is 13.8 Å². The van der Waals surface area contributed by atoms with Crippen molar-refractivity contribution in [3.8, 4) is 0 Å². The molecule has 1 amide bonds. The summed E-state index contributed by atoms with van der Waals surface area (Å²) in [4.78, 5) is 23.4. The van der Waals surface area contributed by atoms with Crippen LogP contribution in [0.2, 0.25) is 0 Å². The standard InChI is InChI=1S/C10H19NO3/c1-7(2)5-9(12)11(4)8(3)6-10(13)14/h7-8H,5-6H2,1-4H3,(H,13,14). The van der Waals surface area contributed by atoms with Gasteiger partial charge >= 0.3 is 5.97 Å². The molecule has 0 aliphatic carbocycles. The highest BCUT2D eigenvalue weighted by Crippen LogP contribution is 2.07. The Labute approximate surface area is 84.9 Å². The Kier molecular flexibility index (Phi) is 5.20. The zero-order valence-corrected chi connectivity index (χ0v) is 9.28. The van der Waals surface area contributed by atoms with E-state index in [0.29, 0.717) is 12.3 Å². The van der Waals surface area contributed by atoms with Gasteiger partial charge in [-0.25, -0.2) is 0 Å². The maximum absolute atomic E-state index is 11.5. The number of carboxylic acid groups (broad SMARTS) is 1. The number of carbonyl (C=O) groups is 2. The minimum absolute atomic E-state index is 0.000333. The number of amides is 1. The van der Waals surface area contributed by atoms with Crippen LogP contribution in [-0.4, -0.2) is 35.0 Å². The molecule has 0 saturated carbocycles. The average Bonchev–Trinajstić information content (AvgIpc) is 2.00. The van der Waals surface area contributed by atoms with Gasteiger partial charge in [0, 0.05) is 19.5 Å². The first kappa shape index (κ1) is 12.9. The molecule has 0 aromatic heterocycles. The lowest BCUT2D eigenvalue weighted by Crippen LogP contribution is -2.36. The minimum atomic E-state index is -0.873. The first-order valence-corrected chi connectivity index (χ1v) is 4.82. The summed E-state index contributed by atoms with van der Waals surface area (Å²) >= 11 is 0. The van der Waals surface area contributed by atoms with Gasteiger partial charge in [0.15, 0.2) is 0 Å². The highest BCUT2D eigenvalue weighted by molar-refractivity contribution is 5.77. The lowest BCUT2D eigenvalue weighted by Gasteiger charge is -2.24. The normalized spacial score (nSPS) is 12.6. The molecular weight excluding hydrogens is 182 g/mol.